The second-order valence-electron chi connectivity index (χ2n) is 7.24. The number of amides is 1. The lowest BCUT2D eigenvalue weighted by molar-refractivity contribution is -0.116. The Morgan fingerprint density at radius 3 is 2.70 bits per heavy atom. The molecule has 0 aliphatic carbocycles. The number of carbonyl (C=O) groups is 1. The molecule has 170 valence electrons. The minimum absolute atomic E-state index is 0.0656. The molecule has 0 saturated heterocycles. The summed E-state index contributed by atoms with van der Waals surface area (Å²) in [6.07, 6.45) is 2.18. The second-order valence-corrected chi connectivity index (χ2v) is 8.44. The van der Waals surface area contributed by atoms with Crippen LogP contribution in [0.2, 0.25) is 0 Å². The quantitative estimate of drug-likeness (QED) is 0.398. The van der Waals surface area contributed by atoms with E-state index in [0.29, 0.717) is 34.7 Å². The zero-order valence-electron chi connectivity index (χ0n) is 17.6. The summed E-state index contributed by atoms with van der Waals surface area (Å²) in [7, 11) is 0. The lowest BCUT2D eigenvalue weighted by atomic mass is 10.1. The van der Waals surface area contributed by atoms with Gasteiger partial charge in [-0.3, -0.25) is 14.2 Å². The zero-order valence-corrected chi connectivity index (χ0v) is 18.4. The molecule has 0 unspecified atom stereocenters. The van der Waals surface area contributed by atoms with E-state index in [1.807, 2.05) is 13.0 Å². The molecule has 2 aromatic carbocycles. The molecule has 4 aromatic rings. The zero-order chi connectivity index (χ0) is 23.4. The van der Waals surface area contributed by atoms with E-state index in [2.05, 4.69) is 20.0 Å². The molecule has 4 rings (SSSR count). The second kappa shape index (κ2) is 9.86. The van der Waals surface area contributed by atoms with Crippen molar-refractivity contribution in [3.8, 4) is 17.0 Å². The maximum atomic E-state index is 12.5. The van der Waals surface area contributed by atoms with Crippen LogP contribution in [-0.4, -0.2) is 27.1 Å². The van der Waals surface area contributed by atoms with Gasteiger partial charge in [0.15, 0.2) is 5.13 Å². The highest BCUT2D eigenvalue weighted by Gasteiger charge is 2.13. The van der Waals surface area contributed by atoms with Crippen molar-refractivity contribution in [3.63, 3.8) is 0 Å². The normalized spacial score (nSPS) is 11.2. The lowest BCUT2D eigenvalue weighted by Crippen LogP contribution is -2.21. The van der Waals surface area contributed by atoms with Crippen LogP contribution in [0, 0.1) is 6.92 Å². The van der Waals surface area contributed by atoms with E-state index >= 15 is 0 Å². The predicted molar refractivity (Wildman–Crippen MR) is 123 cm³/mol. The van der Waals surface area contributed by atoms with Crippen LogP contribution >= 0.6 is 11.3 Å². The summed E-state index contributed by atoms with van der Waals surface area (Å²) in [5, 5.41) is 3.78. The van der Waals surface area contributed by atoms with Gasteiger partial charge in [0.05, 0.1) is 22.9 Å². The Hall–Kier alpha value is -3.66. The van der Waals surface area contributed by atoms with Crippen LogP contribution in [0.4, 0.5) is 13.9 Å². The fourth-order valence-electron chi connectivity index (χ4n) is 3.37. The van der Waals surface area contributed by atoms with Crippen molar-refractivity contribution in [3.05, 3.63) is 70.1 Å². The van der Waals surface area contributed by atoms with Crippen molar-refractivity contribution in [2.24, 2.45) is 0 Å². The summed E-state index contributed by atoms with van der Waals surface area (Å²) in [6.45, 7) is -0.639. The third-order valence-electron chi connectivity index (χ3n) is 4.93. The van der Waals surface area contributed by atoms with Crippen LogP contribution in [0.15, 0.2) is 59.7 Å². The lowest BCUT2D eigenvalue weighted by Gasteiger charge is -2.06. The Labute approximate surface area is 191 Å². The number of halogens is 2. The fourth-order valence-corrected chi connectivity index (χ4v) is 4.22. The molecule has 33 heavy (non-hydrogen) atoms. The molecule has 0 aliphatic heterocycles. The van der Waals surface area contributed by atoms with Crippen LogP contribution in [0.3, 0.4) is 0 Å². The van der Waals surface area contributed by atoms with Gasteiger partial charge in [0.2, 0.25) is 5.91 Å². The maximum Gasteiger partial charge on any atom is 0.387 e. The molecule has 2 heterocycles. The van der Waals surface area contributed by atoms with E-state index < -0.39 is 6.61 Å². The molecule has 7 nitrogen and oxygen atoms in total. The van der Waals surface area contributed by atoms with Crippen LogP contribution in [0.1, 0.15) is 17.7 Å². The van der Waals surface area contributed by atoms with Gasteiger partial charge < -0.3 is 10.1 Å². The molecular formula is C23H20F2N4O3S. The number of alkyl halides is 2. The number of nitrogens with zero attached hydrogens (tertiary/aromatic N) is 3. The number of aryl methyl sites for hydroxylation is 2. The molecule has 0 fully saturated rings. The molecule has 0 bridgehead atoms. The molecule has 0 aliphatic rings. The molecule has 0 radical (unpaired) electrons. The summed E-state index contributed by atoms with van der Waals surface area (Å²) >= 11 is 1.33. The largest absolute Gasteiger partial charge is 0.435 e. The topological polar surface area (TPSA) is 86.1 Å². The van der Waals surface area contributed by atoms with Crippen molar-refractivity contribution in [2.75, 3.05) is 5.32 Å². The molecule has 0 spiro atoms. The Balaban J connectivity index is 1.35. The minimum Gasteiger partial charge on any atom is -0.435 e. The number of hydrogen-bond acceptors (Lipinski definition) is 6. The first-order chi connectivity index (χ1) is 15.9. The van der Waals surface area contributed by atoms with Gasteiger partial charge >= 0.3 is 6.61 Å². The number of benzene rings is 2. The third-order valence-corrected chi connectivity index (χ3v) is 5.82. The Kier molecular flexibility index (Phi) is 6.74. The van der Waals surface area contributed by atoms with Crippen molar-refractivity contribution in [1.82, 2.24) is 14.5 Å². The number of ether oxygens (including phenoxy) is 1. The first kappa shape index (κ1) is 22.5. The highest BCUT2D eigenvalue weighted by atomic mass is 32.1. The Morgan fingerprint density at radius 1 is 1.18 bits per heavy atom. The van der Waals surface area contributed by atoms with E-state index in [-0.39, 0.29) is 23.6 Å². The first-order valence-electron chi connectivity index (χ1n) is 10.2. The molecule has 1 N–H and O–H groups in total. The monoisotopic (exact) mass is 470 g/mol. The summed E-state index contributed by atoms with van der Waals surface area (Å²) in [5.74, 6) is -0.145. The van der Waals surface area contributed by atoms with E-state index in [1.165, 1.54) is 34.4 Å². The van der Waals surface area contributed by atoms with Crippen LogP contribution in [0.25, 0.3) is 22.2 Å². The van der Waals surface area contributed by atoms with Gasteiger partial charge in [0.25, 0.3) is 5.56 Å². The Morgan fingerprint density at radius 2 is 1.94 bits per heavy atom. The highest BCUT2D eigenvalue weighted by molar-refractivity contribution is 7.16. The van der Waals surface area contributed by atoms with Gasteiger partial charge in [0.1, 0.15) is 5.75 Å². The fraction of sp³-hybridized carbons (Fsp3) is 0.217. The van der Waals surface area contributed by atoms with Gasteiger partial charge in [-0.2, -0.15) is 8.78 Å². The number of hydrogen-bond donors (Lipinski definition) is 1. The number of carbonyl (C=O) groups excluding carboxylic acids is 1. The molecule has 2 aromatic heterocycles. The molecule has 0 atom stereocenters. The summed E-state index contributed by atoms with van der Waals surface area (Å²) in [6, 6.07) is 13.3. The number of para-hydroxylation sites is 1. The number of aromatic nitrogens is 3. The van der Waals surface area contributed by atoms with Crippen LogP contribution < -0.4 is 15.6 Å². The number of rotatable bonds is 8. The van der Waals surface area contributed by atoms with Crippen molar-refractivity contribution in [2.45, 2.75) is 32.9 Å². The van der Waals surface area contributed by atoms with E-state index in [0.717, 1.165) is 10.4 Å². The van der Waals surface area contributed by atoms with E-state index in [1.54, 1.807) is 30.3 Å². The summed E-state index contributed by atoms with van der Waals surface area (Å²) in [5.41, 5.74) is 1.90. The van der Waals surface area contributed by atoms with Gasteiger partial charge in [0, 0.05) is 23.4 Å². The SMILES string of the molecule is Cc1sc(NC(=O)CCCn2cnc3ccccc3c2=O)nc1-c1ccc(OC(F)F)cc1. The van der Waals surface area contributed by atoms with Crippen molar-refractivity contribution in [1.29, 1.82) is 0 Å². The smallest absolute Gasteiger partial charge is 0.387 e. The van der Waals surface area contributed by atoms with Gasteiger partial charge in [-0.1, -0.05) is 12.1 Å². The summed E-state index contributed by atoms with van der Waals surface area (Å²) < 4.78 is 30.5. The number of fused-ring (bicyclic) bond motifs is 1. The standard InChI is InChI=1S/C23H20F2N4O3S/c1-14-20(15-8-10-16(11-9-15)32-22(24)25)28-23(33-14)27-19(30)7-4-12-29-13-26-18-6-3-2-5-17(18)21(29)31/h2-3,5-6,8-11,13,22H,4,7,12H2,1H3,(H,27,28,30). The Bertz CT molecular complexity index is 1340. The number of nitrogens with one attached hydrogen (secondary N) is 1. The maximum absolute atomic E-state index is 12.5. The first-order valence-corrected chi connectivity index (χ1v) is 11.0. The van der Waals surface area contributed by atoms with Crippen molar-refractivity contribution < 1.29 is 18.3 Å². The van der Waals surface area contributed by atoms with E-state index in [4.69, 9.17) is 0 Å². The van der Waals surface area contributed by atoms with Crippen LogP contribution in [0.5, 0.6) is 5.75 Å². The van der Waals surface area contributed by atoms with Crippen LogP contribution in [-0.2, 0) is 11.3 Å². The van der Waals surface area contributed by atoms with Crippen molar-refractivity contribution >= 4 is 33.3 Å². The minimum atomic E-state index is -2.88. The van der Waals surface area contributed by atoms with E-state index in [9.17, 15) is 18.4 Å². The van der Waals surface area contributed by atoms with Gasteiger partial charge in [-0.15, -0.1) is 11.3 Å². The van der Waals surface area contributed by atoms with Gasteiger partial charge in [-0.05, 0) is 49.7 Å². The van der Waals surface area contributed by atoms with Gasteiger partial charge in [-0.25, -0.2) is 9.97 Å². The predicted octanol–water partition coefficient (Wildman–Crippen LogP) is 4.85. The molecule has 10 heteroatoms. The molecule has 1 amide bonds. The highest BCUT2D eigenvalue weighted by Crippen LogP contribution is 2.31. The average Bonchev–Trinajstić information content (AvgIpc) is 3.15. The number of anilines is 1. The third kappa shape index (κ3) is 5.40. The average molecular weight is 471 g/mol. The molecular weight excluding hydrogens is 450 g/mol. The summed E-state index contributed by atoms with van der Waals surface area (Å²) in [4.78, 5) is 34.5. The molecule has 0 saturated carbocycles. The number of thiazole rings is 1.